The Bertz CT molecular complexity index is 286. The molecule has 5 aliphatic carbocycles. The van der Waals surface area contributed by atoms with E-state index in [1.807, 2.05) is 0 Å². The van der Waals surface area contributed by atoms with Gasteiger partial charge >= 0.3 is 0 Å². The van der Waals surface area contributed by atoms with E-state index in [0.717, 1.165) is 24.4 Å². The van der Waals surface area contributed by atoms with E-state index in [-0.39, 0.29) is 0 Å². The van der Waals surface area contributed by atoms with Gasteiger partial charge in [0.2, 0.25) is 0 Å². The second-order valence-electron chi connectivity index (χ2n) is 7.91. The molecule has 5 aliphatic rings. The zero-order valence-electron chi connectivity index (χ0n) is 10.8. The lowest BCUT2D eigenvalue weighted by Crippen LogP contribution is -2.47. The van der Waals surface area contributed by atoms with Crippen molar-refractivity contribution in [2.45, 2.75) is 57.8 Å². The van der Waals surface area contributed by atoms with Crippen LogP contribution in [0.5, 0.6) is 0 Å². The Hall–Kier alpha value is -0.0800. The Morgan fingerprint density at radius 1 is 0.941 bits per heavy atom. The third-order valence-electron chi connectivity index (χ3n) is 6.26. The number of hydrogen-bond acceptors (Lipinski definition) is 2. The van der Waals surface area contributed by atoms with Gasteiger partial charge in [-0.1, -0.05) is 0 Å². The van der Waals surface area contributed by atoms with Gasteiger partial charge in [0.1, 0.15) is 0 Å². The number of hydrogen-bond donors (Lipinski definition) is 1. The molecule has 0 heterocycles. The van der Waals surface area contributed by atoms with Gasteiger partial charge in [0.15, 0.2) is 0 Å². The number of nitrogens with two attached hydrogens (primary N) is 1. The zero-order valence-corrected chi connectivity index (χ0v) is 10.8. The lowest BCUT2D eigenvalue weighted by molar-refractivity contribution is -0.0750. The summed E-state index contributed by atoms with van der Waals surface area (Å²) in [7, 11) is 0. The normalized spacial score (nSPS) is 49.6. The summed E-state index contributed by atoms with van der Waals surface area (Å²) in [4.78, 5) is 4.98. The fraction of sp³-hybridized carbons (Fsp3) is 1.00. The number of rotatable bonds is 4. The average Bonchev–Trinajstić information content (AvgIpc) is 2.94. The van der Waals surface area contributed by atoms with Crippen LogP contribution in [0.4, 0.5) is 0 Å². The third-order valence-corrected chi connectivity index (χ3v) is 6.26. The van der Waals surface area contributed by atoms with E-state index in [2.05, 4.69) is 0 Å². The fourth-order valence-corrected chi connectivity index (χ4v) is 6.03. The van der Waals surface area contributed by atoms with Crippen molar-refractivity contribution in [2.24, 2.45) is 34.5 Å². The molecule has 2 heteroatoms. The minimum absolute atomic E-state index is 0.500. The van der Waals surface area contributed by atoms with E-state index in [4.69, 9.17) is 10.7 Å². The first-order valence-corrected chi connectivity index (χ1v) is 7.53. The van der Waals surface area contributed by atoms with E-state index >= 15 is 0 Å². The zero-order chi connectivity index (χ0) is 11.5. The molecule has 5 saturated carbocycles. The molecule has 4 bridgehead atoms. The van der Waals surface area contributed by atoms with Crippen molar-refractivity contribution < 1.29 is 4.84 Å². The average molecular weight is 235 g/mol. The van der Waals surface area contributed by atoms with Crippen molar-refractivity contribution in [3.63, 3.8) is 0 Å². The second-order valence-corrected chi connectivity index (χ2v) is 7.91. The highest BCUT2D eigenvalue weighted by atomic mass is 16.6. The quantitative estimate of drug-likeness (QED) is 0.759. The van der Waals surface area contributed by atoms with Gasteiger partial charge in [-0.05, 0) is 86.4 Å². The summed E-state index contributed by atoms with van der Waals surface area (Å²) in [5.41, 5.74) is 1.21. The predicted octanol–water partition coefficient (Wildman–Crippen LogP) is 3.26. The van der Waals surface area contributed by atoms with Crippen LogP contribution in [-0.2, 0) is 4.84 Å². The van der Waals surface area contributed by atoms with Crippen LogP contribution < -0.4 is 5.90 Å². The van der Waals surface area contributed by atoms with Crippen molar-refractivity contribution >= 4 is 0 Å². The van der Waals surface area contributed by atoms with E-state index in [1.54, 1.807) is 19.3 Å². The standard InChI is InChI=1S/C15H25NO/c16-17-10-14(1-2-14)9-15-6-11-3-12(7-15)5-13(4-11)8-15/h11-13H,1-10,16H2. The van der Waals surface area contributed by atoms with E-state index in [9.17, 15) is 0 Å². The molecule has 0 saturated heterocycles. The topological polar surface area (TPSA) is 35.2 Å². The van der Waals surface area contributed by atoms with Crippen LogP contribution in [0.2, 0.25) is 0 Å². The largest absolute Gasteiger partial charge is 0.304 e. The van der Waals surface area contributed by atoms with Crippen molar-refractivity contribution in [3.8, 4) is 0 Å². The molecule has 0 unspecified atom stereocenters. The summed E-state index contributed by atoms with van der Waals surface area (Å²) in [6.45, 7) is 0.814. The Balaban J connectivity index is 1.53. The van der Waals surface area contributed by atoms with E-state index in [0.29, 0.717) is 10.8 Å². The maximum Gasteiger partial charge on any atom is 0.0735 e. The molecule has 2 N–H and O–H groups in total. The molecule has 0 aliphatic heterocycles. The highest BCUT2D eigenvalue weighted by Crippen LogP contribution is 2.66. The third kappa shape index (κ3) is 1.76. The Morgan fingerprint density at radius 2 is 1.47 bits per heavy atom. The molecule has 2 nitrogen and oxygen atoms in total. The first-order chi connectivity index (χ1) is 8.21. The highest BCUT2D eigenvalue weighted by Gasteiger charge is 2.56. The van der Waals surface area contributed by atoms with E-state index in [1.165, 1.54) is 38.5 Å². The predicted molar refractivity (Wildman–Crippen MR) is 67.0 cm³/mol. The van der Waals surface area contributed by atoms with Crippen molar-refractivity contribution in [2.75, 3.05) is 6.61 Å². The van der Waals surface area contributed by atoms with Crippen LogP contribution in [0.3, 0.4) is 0 Å². The summed E-state index contributed by atoms with van der Waals surface area (Å²) in [6, 6.07) is 0. The van der Waals surface area contributed by atoms with Gasteiger partial charge in [-0.25, -0.2) is 5.90 Å². The van der Waals surface area contributed by atoms with Gasteiger partial charge in [0.25, 0.3) is 0 Å². The van der Waals surface area contributed by atoms with Crippen molar-refractivity contribution in [3.05, 3.63) is 0 Å². The second kappa shape index (κ2) is 3.48. The molecule has 0 atom stereocenters. The van der Waals surface area contributed by atoms with Gasteiger partial charge < -0.3 is 4.84 Å². The van der Waals surface area contributed by atoms with Gasteiger partial charge in [0.05, 0.1) is 6.61 Å². The molecule has 0 radical (unpaired) electrons. The van der Waals surface area contributed by atoms with Crippen LogP contribution in [0.25, 0.3) is 0 Å². The molecule has 0 aromatic carbocycles. The lowest BCUT2D eigenvalue weighted by atomic mass is 9.48. The maximum absolute atomic E-state index is 5.32. The van der Waals surface area contributed by atoms with Crippen molar-refractivity contribution in [1.29, 1.82) is 0 Å². The Morgan fingerprint density at radius 3 is 1.88 bits per heavy atom. The van der Waals surface area contributed by atoms with Gasteiger partial charge in [-0.15, -0.1) is 0 Å². The molecule has 0 spiro atoms. The van der Waals surface area contributed by atoms with Crippen LogP contribution in [0.15, 0.2) is 0 Å². The molecule has 5 rings (SSSR count). The van der Waals surface area contributed by atoms with Crippen LogP contribution in [0.1, 0.15) is 57.8 Å². The SMILES string of the molecule is NOCC1(CC23CC4CC(CC(C4)C2)C3)CC1. The minimum Gasteiger partial charge on any atom is -0.304 e. The molecule has 17 heavy (non-hydrogen) atoms. The van der Waals surface area contributed by atoms with Crippen LogP contribution >= 0.6 is 0 Å². The van der Waals surface area contributed by atoms with E-state index < -0.39 is 0 Å². The lowest BCUT2D eigenvalue weighted by Gasteiger charge is -2.58. The van der Waals surface area contributed by atoms with Gasteiger partial charge in [0, 0.05) is 0 Å². The molecule has 0 aromatic rings. The molecule has 0 amide bonds. The summed E-state index contributed by atoms with van der Waals surface area (Å²) < 4.78 is 0. The van der Waals surface area contributed by atoms with Crippen LogP contribution in [0, 0.1) is 28.6 Å². The molecule has 5 fully saturated rings. The fourth-order valence-electron chi connectivity index (χ4n) is 6.03. The summed E-state index contributed by atoms with van der Waals surface area (Å²) in [6.07, 6.45) is 13.4. The maximum atomic E-state index is 5.32. The molecular formula is C15H25NO. The summed E-state index contributed by atoms with van der Waals surface area (Å²) in [5.74, 6) is 8.56. The summed E-state index contributed by atoms with van der Waals surface area (Å²) >= 11 is 0. The monoisotopic (exact) mass is 235 g/mol. The first-order valence-electron chi connectivity index (χ1n) is 7.53. The molecule has 96 valence electrons. The highest BCUT2D eigenvalue weighted by molar-refractivity contribution is 5.06. The molecular weight excluding hydrogens is 210 g/mol. The Labute approximate surface area is 104 Å². The Kier molecular flexibility index (Phi) is 2.21. The van der Waals surface area contributed by atoms with Gasteiger partial charge in [-0.3, -0.25) is 0 Å². The minimum atomic E-state index is 0.500. The molecule has 0 aromatic heterocycles. The van der Waals surface area contributed by atoms with Gasteiger partial charge in [-0.2, -0.15) is 0 Å². The smallest absolute Gasteiger partial charge is 0.0735 e. The van der Waals surface area contributed by atoms with Crippen molar-refractivity contribution in [1.82, 2.24) is 0 Å². The first kappa shape index (κ1) is 10.8. The summed E-state index contributed by atoms with van der Waals surface area (Å²) in [5, 5.41) is 0. The van der Waals surface area contributed by atoms with Crippen LogP contribution in [-0.4, -0.2) is 6.61 Å².